The summed E-state index contributed by atoms with van der Waals surface area (Å²) in [4.78, 5) is 4.59. The van der Waals surface area contributed by atoms with E-state index in [9.17, 15) is 13.2 Å². The van der Waals surface area contributed by atoms with Crippen molar-refractivity contribution in [1.82, 2.24) is 9.80 Å². The number of piperazine rings is 1. The van der Waals surface area contributed by atoms with Gasteiger partial charge in [0.25, 0.3) is 0 Å². The van der Waals surface area contributed by atoms with Gasteiger partial charge in [-0.3, -0.25) is 9.80 Å². The van der Waals surface area contributed by atoms with Gasteiger partial charge >= 0.3 is 0 Å². The summed E-state index contributed by atoms with van der Waals surface area (Å²) >= 11 is 0. The highest BCUT2D eigenvalue weighted by Gasteiger charge is 2.28. The van der Waals surface area contributed by atoms with E-state index in [4.69, 9.17) is 0 Å². The molecule has 25 heavy (non-hydrogen) atoms. The fourth-order valence-corrected chi connectivity index (χ4v) is 3.49. The van der Waals surface area contributed by atoms with Gasteiger partial charge in [-0.1, -0.05) is 30.3 Å². The Bertz CT molecular complexity index is 687. The summed E-state index contributed by atoms with van der Waals surface area (Å²) < 4.78 is 41.0. The third-order valence-corrected chi connectivity index (χ3v) is 4.88. The Balaban J connectivity index is 1.95. The molecule has 1 heterocycles. The standard InChI is InChI=1S/C20H23F3N2/c1-14(2)24-8-10-25(11-9-24)20(15-6-4-3-5-7-15)16-12-17(21)19(23)18(22)13-16/h3-7,12-14,20H,8-11H2,1-2H3. The zero-order valence-corrected chi connectivity index (χ0v) is 14.6. The highest BCUT2D eigenvalue weighted by molar-refractivity contribution is 5.33. The molecule has 2 nitrogen and oxygen atoms in total. The summed E-state index contributed by atoms with van der Waals surface area (Å²) in [6.07, 6.45) is 0. The molecule has 5 heteroatoms. The van der Waals surface area contributed by atoms with Crippen LogP contribution in [0, 0.1) is 17.5 Å². The number of benzene rings is 2. The maximum absolute atomic E-state index is 13.8. The molecule has 2 aromatic carbocycles. The molecular weight excluding hydrogens is 325 g/mol. The van der Waals surface area contributed by atoms with Gasteiger partial charge in [-0.2, -0.15) is 0 Å². The van der Waals surface area contributed by atoms with Crippen LogP contribution in [0.3, 0.4) is 0 Å². The first-order chi connectivity index (χ1) is 12.0. The highest BCUT2D eigenvalue weighted by Crippen LogP contribution is 2.31. The molecule has 1 atom stereocenters. The molecule has 0 amide bonds. The van der Waals surface area contributed by atoms with Gasteiger partial charge in [0.15, 0.2) is 17.5 Å². The molecular formula is C20H23F3N2. The smallest absolute Gasteiger partial charge is 0.194 e. The fraction of sp³-hybridized carbons (Fsp3) is 0.400. The van der Waals surface area contributed by atoms with Crippen molar-refractivity contribution >= 4 is 0 Å². The van der Waals surface area contributed by atoms with E-state index in [-0.39, 0.29) is 6.04 Å². The lowest BCUT2D eigenvalue weighted by Crippen LogP contribution is -2.50. The first kappa shape index (κ1) is 18.0. The number of nitrogens with zero attached hydrogens (tertiary/aromatic N) is 2. The first-order valence-corrected chi connectivity index (χ1v) is 8.65. The molecule has 0 N–H and O–H groups in total. The second-order valence-electron chi connectivity index (χ2n) is 6.78. The Labute approximate surface area is 146 Å². The van der Waals surface area contributed by atoms with Gasteiger partial charge in [0.05, 0.1) is 6.04 Å². The Morgan fingerprint density at radius 3 is 1.80 bits per heavy atom. The summed E-state index contributed by atoms with van der Waals surface area (Å²) in [5.74, 6) is -3.70. The van der Waals surface area contributed by atoms with Gasteiger partial charge in [-0.15, -0.1) is 0 Å². The molecule has 2 aromatic rings. The van der Waals surface area contributed by atoms with Crippen molar-refractivity contribution in [1.29, 1.82) is 0 Å². The van der Waals surface area contributed by atoms with E-state index >= 15 is 0 Å². The predicted molar refractivity (Wildman–Crippen MR) is 92.9 cm³/mol. The van der Waals surface area contributed by atoms with Gasteiger partial charge in [0.2, 0.25) is 0 Å². The number of hydrogen-bond acceptors (Lipinski definition) is 2. The first-order valence-electron chi connectivity index (χ1n) is 8.65. The van der Waals surface area contributed by atoms with Gasteiger partial charge in [-0.25, -0.2) is 13.2 Å². The monoisotopic (exact) mass is 348 g/mol. The molecule has 0 spiro atoms. The maximum Gasteiger partial charge on any atom is 0.194 e. The summed E-state index contributed by atoms with van der Waals surface area (Å²) in [5, 5.41) is 0. The van der Waals surface area contributed by atoms with Crippen molar-refractivity contribution in [3.05, 3.63) is 71.0 Å². The molecule has 0 bridgehead atoms. The molecule has 0 radical (unpaired) electrons. The van der Waals surface area contributed by atoms with Gasteiger partial charge in [0, 0.05) is 32.2 Å². The highest BCUT2D eigenvalue weighted by atomic mass is 19.2. The van der Waals surface area contributed by atoms with Crippen molar-refractivity contribution in [2.75, 3.05) is 26.2 Å². The van der Waals surface area contributed by atoms with Crippen LogP contribution in [0.15, 0.2) is 42.5 Å². The van der Waals surface area contributed by atoms with Gasteiger partial charge < -0.3 is 0 Å². The number of hydrogen-bond donors (Lipinski definition) is 0. The second-order valence-corrected chi connectivity index (χ2v) is 6.78. The van der Waals surface area contributed by atoms with Crippen LogP contribution in [-0.2, 0) is 0 Å². The van der Waals surface area contributed by atoms with E-state index in [2.05, 4.69) is 23.6 Å². The molecule has 0 aliphatic carbocycles. The van der Waals surface area contributed by atoms with Crippen LogP contribution in [0.25, 0.3) is 0 Å². The maximum atomic E-state index is 13.8. The zero-order chi connectivity index (χ0) is 18.0. The van der Waals surface area contributed by atoms with Crippen molar-refractivity contribution in [3.63, 3.8) is 0 Å². The fourth-order valence-electron chi connectivity index (χ4n) is 3.49. The molecule has 1 aliphatic heterocycles. The zero-order valence-electron chi connectivity index (χ0n) is 14.6. The van der Waals surface area contributed by atoms with Gasteiger partial charge in [-0.05, 0) is 37.1 Å². The Morgan fingerprint density at radius 1 is 0.760 bits per heavy atom. The molecule has 1 aliphatic rings. The molecule has 1 saturated heterocycles. The Morgan fingerprint density at radius 2 is 1.28 bits per heavy atom. The lowest BCUT2D eigenvalue weighted by atomic mass is 9.96. The minimum absolute atomic E-state index is 0.292. The topological polar surface area (TPSA) is 6.48 Å². The molecule has 1 unspecified atom stereocenters. The van der Waals surface area contributed by atoms with Crippen LogP contribution in [0.5, 0.6) is 0 Å². The van der Waals surface area contributed by atoms with Crippen LogP contribution in [-0.4, -0.2) is 42.0 Å². The van der Waals surface area contributed by atoms with Crippen molar-refractivity contribution in [3.8, 4) is 0 Å². The number of halogens is 3. The molecule has 3 rings (SSSR count). The third-order valence-electron chi connectivity index (χ3n) is 4.88. The Hall–Kier alpha value is -1.85. The van der Waals surface area contributed by atoms with Crippen molar-refractivity contribution in [2.45, 2.75) is 25.9 Å². The van der Waals surface area contributed by atoms with E-state index in [0.717, 1.165) is 43.9 Å². The lowest BCUT2D eigenvalue weighted by molar-refractivity contribution is 0.0890. The lowest BCUT2D eigenvalue weighted by Gasteiger charge is -2.41. The quantitative estimate of drug-likeness (QED) is 0.764. The molecule has 134 valence electrons. The van der Waals surface area contributed by atoms with Crippen LogP contribution < -0.4 is 0 Å². The third kappa shape index (κ3) is 3.88. The predicted octanol–water partition coefficient (Wildman–Crippen LogP) is 4.22. The minimum Gasteiger partial charge on any atom is -0.298 e. The molecule has 0 saturated carbocycles. The van der Waals surface area contributed by atoms with Crippen LogP contribution in [0.2, 0.25) is 0 Å². The van der Waals surface area contributed by atoms with Crippen molar-refractivity contribution in [2.24, 2.45) is 0 Å². The molecule has 1 fully saturated rings. The minimum atomic E-state index is -1.42. The second kappa shape index (κ2) is 7.58. The SMILES string of the molecule is CC(C)N1CCN(C(c2ccccc2)c2cc(F)c(F)c(F)c2)CC1. The Kier molecular flexibility index (Phi) is 5.45. The summed E-state index contributed by atoms with van der Waals surface area (Å²) in [6.45, 7) is 7.70. The van der Waals surface area contributed by atoms with E-state index in [1.807, 2.05) is 30.3 Å². The van der Waals surface area contributed by atoms with E-state index in [1.165, 1.54) is 0 Å². The summed E-state index contributed by atoms with van der Waals surface area (Å²) in [6, 6.07) is 12.0. The molecule has 0 aromatic heterocycles. The van der Waals surface area contributed by atoms with Crippen LogP contribution in [0.4, 0.5) is 13.2 Å². The van der Waals surface area contributed by atoms with Gasteiger partial charge in [0.1, 0.15) is 0 Å². The van der Waals surface area contributed by atoms with E-state index < -0.39 is 17.5 Å². The van der Waals surface area contributed by atoms with E-state index in [0.29, 0.717) is 11.6 Å². The normalized spacial score (nSPS) is 17.8. The van der Waals surface area contributed by atoms with Crippen molar-refractivity contribution < 1.29 is 13.2 Å². The van der Waals surface area contributed by atoms with Crippen LogP contribution in [0.1, 0.15) is 31.0 Å². The summed E-state index contributed by atoms with van der Waals surface area (Å²) in [7, 11) is 0. The van der Waals surface area contributed by atoms with Crippen LogP contribution >= 0.6 is 0 Å². The average molecular weight is 348 g/mol. The largest absolute Gasteiger partial charge is 0.298 e. The number of rotatable bonds is 4. The summed E-state index contributed by atoms with van der Waals surface area (Å²) in [5.41, 5.74) is 1.39. The average Bonchev–Trinajstić information content (AvgIpc) is 2.61. The van der Waals surface area contributed by atoms with E-state index in [1.54, 1.807) is 0 Å².